The van der Waals surface area contributed by atoms with Crippen molar-refractivity contribution in [3.8, 4) is 5.75 Å². The number of nitrogens with zero attached hydrogens (tertiary/aromatic N) is 1. The molecule has 0 saturated carbocycles. The molecule has 3 nitrogen and oxygen atoms in total. The minimum Gasteiger partial charge on any atom is -0.508 e. The van der Waals surface area contributed by atoms with Crippen molar-refractivity contribution < 1.29 is 10.2 Å². The third-order valence-corrected chi connectivity index (χ3v) is 5.30. The highest BCUT2D eigenvalue weighted by Gasteiger charge is 2.20. The van der Waals surface area contributed by atoms with Crippen molar-refractivity contribution in [3.63, 3.8) is 0 Å². The number of phenolic OH excluding ortho intramolecular Hbond substituents is 1. The molecule has 0 bridgehead atoms. The first kappa shape index (κ1) is 21.5. The fraction of sp³-hybridized carbons (Fsp3) is 0.500. The van der Waals surface area contributed by atoms with Crippen molar-refractivity contribution in [1.29, 1.82) is 0 Å². The van der Waals surface area contributed by atoms with Crippen LogP contribution in [-0.4, -0.2) is 40.9 Å². The van der Waals surface area contributed by atoms with Crippen LogP contribution in [0.5, 0.6) is 5.75 Å². The number of rotatable bonds is 11. The lowest BCUT2D eigenvalue weighted by molar-refractivity contribution is 0.207. The summed E-state index contributed by atoms with van der Waals surface area (Å²) in [5, 5.41) is 19.5. The van der Waals surface area contributed by atoms with Crippen LogP contribution in [0.2, 0.25) is 0 Å². The molecule has 0 amide bonds. The van der Waals surface area contributed by atoms with Crippen molar-refractivity contribution in [2.24, 2.45) is 0 Å². The molecule has 3 heteroatoms. The largest absolute Gasteiger partial charge is 0.508 e. The number of unbranched alkanes of at least 4 members (excludes halogenated alkanes) is 2. The number of hydrogen-bond acceptors (Lipinski definition) is 3. The van der Waals surface area contributed by atoms with Gasteiger partial charge in [0, 0.05) is 24.1 Å². The normalized spacial score (nSPS) is 12.7. The highest BCUT2D eigenvalue weighted by atomic mass is 16.3. The van der Waals surface area contributed by atoms with E-state index in [0.717, 1.165) is 44.3 Å². The van der Waals surface area contributed by atoms with Gasteiger partial charge in [0.1, 0.15) is 5.75 Å². The molecule has 2 aromatic carbocycles. The molecule has 0 heterocycles. The minimum absolute atomic E-state index is 0.185. The highest BCUT2D eigenvalue weighted by molar-refractivity contribution is 5.43. The molecule has 148 valence electrons. The van der Waals surface area contributed by atoms with Gasteiger partial charge in [-0.15, -0.1) is 0 Å². The zero-order chi connectivity index (χ0) is 19.6. The van der Waals surface area contributed by atoms with E-state index in [1.54, 1.807) is 0 Å². The Morgan fingerprint density at radius 3 is 2.33 bits per heavy atom. The maximum atomic E-state index is 10.5. The molecule has 0 aliphatic rings. The topological polar surface area (TPSA) is 43.7 Å². The molecular formula is C24H35NO2. The van der Waals surface area contributed by atoms with E-state index in [2.05, 4.69) is 56.0 Å². The summed E-state index contributed by atoms with van der Waals surface area (Å²) in [5.74, 6) is 0.568. The van der Waals surface area contributed by atoms with Crippen LogP contribution in [0.3, 0.4) is 0 Å². The summed E-state index contributed by atoms with van der Waals surface area (Å²) >= 11 is 0. The number of aliphatic hydroxyl groups is 1. The summed E-state index contributed by atoms with van der Waals surface area (Å²) in [7, 11) is 0. The lowest BCUT2D eigenvalue weighted by atomic mass is 9.87. The maximum absolute atomic E-state index is 10.5. The van der Waals surface area contributed by atoms with Gasteiger partial charge >= 0.3 is 0 Å². The zero-order valence-electron chi connectivity index (χ0n) is 17.1. The van der Waals surface area contributed by atoms with Crippen LogP contribution < -0.4 is 0 Å². The van der Waals surface area contributed by atoms with E-state index < -0.39 is 0 Å². The summed E-state index contributed by atoms with van der Waals surface area (Å²) in [4.78, 5) is 2.51. The first-order valence-electron chi connectivity index (χ1n) is 10.2. The van der Waals surface area contributed by atoms with Crippen LogP contribution in [0.25, 0.3) is 0 Å². The third kappa shape index (κ3) is 6.67. The molecule has 2 rings (SSSR count). The number of aliphatic hydroxyl groups excluding tert-OH is 1. The molecule has 0 spiro atoms. The average Bonchev–Trinajstić information content (AvgIpc) is 2.66. The van der Waals surface area contributed by atoms with Crippen molar-refractivity contribution in [1.82, 2.24) is 4.90 Å². The van der Waals surface area contributed by atoms with Crippen molar-refractivity contribution in [3.05, 3.63) is 65.2 Å². The van der Waals surface area contributed by atoms with E-state index >= 15 is 0 Å². The van der Waals surface area contributed by atoms with E-state index in [1.807, 2.05) is 18.2 Å². The van der Waals surface area contributed by atoms with E-state index in [1.165, 1.54) is 11.1 Å². The van der Waals surface area contributed by atoms with Gasteiger partial charge in [-0.2, -0.15) is 0 Å². The van der Waals surface area contributed by atoms with E-state index in [9.17, 15) is 5.11 Å². The lowest BCUT2D eigenvalue weighted by Gasteiger charge is -2.29. The molecule has 2 aromatic rings. The van der Waals surface area contributed by atoms with Gasteiger partial charge in [0.05, 0.1) is 0 Å². The molecule has 0 radical (unpaired) electrons. The second-order valence-electron chi connectivity index (χ2n) is 7.73. The predicted octanol–water partition coefficient (Wildman–Crippen LogP) is 5.10. The molecule has 0 aliphatic heterocycles. The molecule has 1 atom stereocenters. The summed E-state index contributed by atoms with van der Waals surface area (Å²) in [6.07, 6.45) is 4.04. The van der Waals surface area contributed by atoms with Crippen molar-refractivity contribution in [2.75, 3.05) is 19.7 Å². The van der Waals surface area contributed by atoms with Crippen LogP contribution in [0.4, 0.5) is 0 Å². The fourth-order valence-electron chi connectivity index (χ4n) is 3.67. The van der Waals surface area contributed by atoms with Gasteiger partial charge < -0.3 is 15.1 Å². The number of aryl methyl sites for hydroxylation is 1. The molecule has 1 unspecified atom stereocenters. The smallest absolute Gasteiger partial charge is 0.119 e. The number of hydrogen-bond donors (Lipinski definition) is 2. The number of aromatic hydroxyl groups is 1. The highest BCUT2D eigenvalue weighted by Crippen LogP contribution is 2.34. The van der Waals surface area contributed by atoms with Crippen molar-refractivity contribution in [2.45, 2.75) is 58.4 Å². The zero-order valence-corrected chi connectivity index (χ0v) is 17.1. The second-order valence-corrected chi connectivity index (χ2v) is 7.73. The van der Waals surface area contributed by atoms with Crippen molar-refractivity contribution >= 4 is 0 Å². The number of benzene rings is 2. The molecule has 0 saturated heterocycles. The molecule has 0 fully saturated rings. The van der Waals surface area contributed by atoms with Gasteiger partial charge in [0.2, 0.25) is 0 Å². The van der Waals surface area contributed by atoms with Gasteiger partial charge in [-0.25, -0.2) is 0 Å². The van der Waals surface area contributed by atoms with Crippen LogP contribution in [-0.2, 0) is 0 Å². The predicted molar refractivity (Wildman–Crippen MR) is 113 cm³/mol. The van der Waals surface area contributed by atoms with E-state index in [0.29, 0.717) is 11.8 Å². The summed E-state index contributed by atoms with van der Waals surface area (Å²) in [6.45, 7) is 8.89. The van der Waals surface area contributed by atoms with Crippen LogP contribution in [0.15, 0.2) is 48.5 Å². The molecule has 0 aromatic heterocycles. The third-order valence-electron chi connectivity index (χ3n) is 5.30. The summed E-state index contributed by atoms with van der Waals surface area (Å²) in [6, 6.07) is 16.9. The maximum Gasteiger partial charge on any atom is 0.119 e. The molecule has 2 N–H and O–H groups in total. The minimum atomic E-state index is 0.185. The molecule has 0 aliphatic carbocycles. The van der Waals surface area contributed by atoms with Crippen LogP contribution in [0.1, 0.15) is 62.1 Å². The Hall–Kier alpha value is -1.84. The molecule has 27 heavy (non-hydrogen) atoms. The van der Waals surface area contributed by atoms with Gasteiger partial charge in [0.25, 0.3) is 0 Å². The van der Waals surface area contributed by atoms with Gasteiger partial charge in [0.15, 0.2) is 0 Å². The Balaban J connectivity index is 2.15. The Labute approximate surface area is 164 Å². The van der Waals surface area contributed by atoms with Gasteiger partial charge in [-0.05, 0) is 71.2 Å². The summed E-state index contributed by atoms with van der Waals surface area (Å²) in [5.41, 5.74) is 3.45. The lowest BCUT2D eigenvalue weighted by Crippen LogP contribution is -2.33. The monoisotopic (exact) mass is 369 g/mol. The quantitative estimate of drug-likeness (QED) is 0.542. The Morgan fingerprint density at radius 2 is 1.67 bits per heavy atom. The number of phenols is 1. The molecular weight excluding hydrogens is 334 g/mol. The summed E-state index contributed by atoms with van der Waals surface area (Å²) < 4.78 is 0. The van der Waals surface area contributed by atoms with Gasteiger partial charge in [-0.3, -0.25) is 0 Å². The SMILES string of the molecule is Cc1ccc(O)c(C(CCN(CCCCCO)C(C)C)c2ccccc2)c1. The Bertz CT molecular complexity index is 669. The standard InChI is InChI=1S/C24H35NO2/c1-19(2)25(15-8-5-9-17-26)16-14-22(21-10-6-4-7-11-21)23-18-20(3)12-13-24(23)27/h4,6-7,10-13,18-19,22,26-27H,5,8-9,14-17H2,1-3H3. The van der Waals surface area contributed by atoms with Crippen LogP contribution >= 0.6 is 0 Å². The van der Waals surface area contributed by atoms with Crippen LogP contribution in [0, 0.1) is 6.92 Å². The Kier molecular flexibility index (Phi) is 8.83. The average molecular weight is 370 g/mol. The fourth-order valence-corrected chi connectivity index (χ4v) is 3.67. The first-order chi connectivity index (χ1) is 13.0. The van der Waals surface area contributed by atoms with Gasteiger partial charge in [-0.1, -0.05) is 48.0 Å². The van der Waals surface area contributed by atoms with E-state index in [-0.39, 0.29) is 12.5 Å². The second kappa shape index (κ2) is 11.1. The first-order valence-corrected chi connectivity index (χ1v) is 10.2. The van der Waals surface area contributed by atoms with E-state index in [4.69, 9.17) is 5.11 Å². The Morgan fingerprint density at radius 1 is 0.926 bits per heavy atom.